The first-order valence-electron chi connectivity index (χ1n) is 7.45. The molecule has 132 valence electrons. The summed E-state index contributed by atoms with van der Waals surface area (Å²) in [6.07, 6.45) is 1.12. The van der Waals surface area contributed by atoms with E-state index in [1.54, 1.807) is 24.3 Å². The van der Waals surface area contributed by atoms with E-state index in [1.807, 2.05) is 0 Å². The molecule has 25 heavy (non-hydrogen) atoms. The van der Waals surface area contributed by atoms with Gasteiger partial charge in [0, 0.05) is 0 Å². The number of methoxy groups -OCH3 is 1. The number of phenols is 1. The monoisotopic (exact) mass is 347 g/mol. The zero-order valence-electron chi connectivity index (χ0n) is 13.5. The lowest BCUT2D eigenvalue weighted by molar-refractivity contribution is -0.757. The summed E-state index contributed by atoms with van der Waals surface area (Å²) in [7, 11) is 1.39. The van der Waals surface area contributed by atoms with Gasteiger partial charge in [-0.2, -0.15) is 0 Å². The molecule has 2 aromatic carbocycles. The molecule has 2 rings (SSSR count). The summed E-state index contributed by atoms with van der Waals surface area (Å²) in [5, 5.41) is 18.8. The molecule has 0 bridgehead atoms. The smallest absolute Gasteiger partial charge is 0.343 e. The van der Waals surface area contributed by atoms with Gasteiger partial charge in [-0.3, -0.25) is 0 Å². The zero-order chi connectivity index (χ0) is 18.2. The highest BCUT2D eigenvalue weighted by Crippen LogP contribution is 2.27. The average molecular weight is 347 g/mol. The lowest BCUT2D eigenvalue weighted by atomic mass is 10.1. The second-order valence-corrected chi connectivity index (χ2v) is 5.08. The van der Waals surface area contributed by atoms with Crippen LogP contribution in [0.1, 0.15) is 22.3 Å². The first-order valence-corrected chi connectivity index (χ1v) is 7.45. The first kappa shape index (κ1) is 18.1. The Labute approximate surface area is 143 Å². The lowest BCUT2D eigenvalue weighted by Gasteiger charge is -2.08. The minimum Gasteiger partial charge on any atom is -0.504 e. The van der Waals surface area contributed by atoms with E-state index in [2.05, 4.69) is 4.84 Å². The second kappa shape index (κ2) is 8.53. The van der Waals surface area contributed by atoms with Gasteiger partial charge in [-0.1, -0.05) is 12.1 Å². The molecule has 0 heterocycles. The number of aryl methyl sites for hydroxylation is 1. The van der Waals surface area contributed by atoms with Crippen molar-refractivity contribution >= 4 is 5.97 Å². The van der Waals surface area contributed by atoms with E-state index in [-0.39, 0.29) is 23.7 Å². The highest BCUT2D eigenvalue weighted by atomic mass is 16.9. The third-order valence-electron chi connectivity index (χ3n) is 3.36. The predicted octanol–water partition coefficient (Wildman–Crippen LogP) is 2.76. The SMILES string of the molecule is COc1cc(C(=O)Oc2ccc(CCCO[N+](=O)[O-])cc2)ccc1O. The van der Waals surface area contributed by atoms with Crippen LogP contribution in [0.2, 0.25) is 0 Å². The molecule has 0 spiro atoms. The third kappa shape index (κ3) is 5.38. The van der Waals surface area contributed by atoms with E-state index in [1.165, 1.54) is 25.3 Å². The zero-order valence-corrected chi connectivity index (χ0v) is 13.5. The predicted molar refractivity (Wildman–Crippen MR) is 87.3 cm³/mol. The van der Waals surface area contributed by atoms with Crippen LogP contribution < -0.4 is 9.47 Å². The van der Waals surface area contributed by atoms with Gasteiger partial charge in [-0.25, -0.2) is 4.79 Å². The number of hydrogen-bond acceptors (Lipinski definition) is 7. The van der Waals surface area contributed by atoms with E-state index in [9.17, 15) is 20.0 Å². The molecule has 8 heteroatoms. The summed E-state index contributed by atoms with van der Waals surface area (Å²) in [5.74, 6) is -0.0982. The van der Waals surface area contributed by atoms with Crippen LogP contribution in [0.5, 0.6) is 17.2 Å². The molecule has 0 aromatic heterocycles. The lowest BCUT2D eigenvalue weighted by Crippen LogP contribution is -2.08. The molecule has 0 radical (unpaired) electrons. The van der Waals surface area contributed by atoms with Crippen molar-refractivity contribution in [3.63, 3.8) is 0 Å². The number of aromatic hydroxyl groups is 1. The molecule has 0 unspecified atom stereocenters. The summed E-state index contributed by atoms with van der Waals surface area (Å²) in [6, 6.07) is 11.0. The fourth-order valence-corrected chi connectivity index (χ4v) is 2.11. The maximum atomic E-state index is 12.1. The molecule has 0 aliphatic rings. The van der Waals surface area contributed by atoms with E-state index < -0.39 is 11.1 Å². The highest BCUT2D eigenvalue weighted by molar-refractivity contribution is 5.91. The average Bonchev–Trinajstić information content (AvgIpc) is 2.60. The van der Waals surface area contributed by atoms with Gasteiger partial charge in [-0.05, 0) is 48.7 Å². The Morgan fingerprint density at radius 3 is 2.56 bits per heavy atom. The molecule has 0 aliphatic carbocycles. The summed E-state index contributed by atoms with van der Waals surface area (Å²) in [6.45, 7) is 0.0341. The van der Waals surface area contributed by atoms with Crippen molar-refractivity contribution in [3.8, 4) is 17.2 Å². The Morgan fingerprint density at radius 1 is 1.20 bits per heavy atom. The molecule has 0 atom stereocenters. The van der Waals surface area contributed by atoms with Gasteiger partial charge in [-0.15, -0.1) is 10.1 Å². The molecule has 1 N–H and O–H groups in total. The Hall–Kier alpha value is -3.29. The van der Waals surface area contributed by atoms with Crippen LogP contribution in [0.25, 0.3) is 0 Å². The highest BCUT2D eigenvalue weighted by Gasteiger charge is 2.12. The number of rotatable bonds is 8. The molecule has 0 aliphatic heterocycles. The van der Waals surface area contributed by atoms with Gasteiger partial charge >= 0.3 is 5.97 Å². The van der Waals surface area contributed by atoms with Crippen molar-refractivity contribution < 1.29 is 29.3 Å². The number of nitrogens with zero attached hydrogens (tertiary/aromatic N) is 1. The van der Waals surface area contributed by atoms with Crippen LogP contribution in [0.4, 0.5) is 0 Å². The normalized spacial score (nSPS) is 10.1. The Kier molecular flexibility index (Phi) is 6.16. The van der Waals surface area contributed by atoms with Gasteiger partial charge in [0.15, 0.2) is 11.5 Å². The molecule has 0 saturated heterocycles. The number of carbonyl (C=O) groups is 1. The van der Waals surface area contributed by atoms with E-state index in [0.717, 1.165) is 5.56 Å². The number of phenolic OH excluding ortho intramolecular Hbond substituents is 1. The molecule has 0 amide bonds. The van der Waals surface area contributed by atoms with Crippen LogP contribution in [-0.4, -0.2) is 29.9 Å². The summed E-state index contributed by atoms with van der Waals surface area (Å²) in [4.78, 5) is 26.4. The maximum absolute atomic E-state index is 12.1. The number of carbonyl (C=O) groups excluding carboxylic acids is 1. The number of ether oxygens (including phenoxy) is 2. The molecule has 0 saturated carbocycles. The number of esters is 1. The van der Waals surface area contributed by atoms with Crippen LogP contribution in [0, 0.1) is 10.1 Å². The second-order valence-electron chi connectivity index (χ2n) is 5.08. The van der Waals surface area contributed by atoms with Crippen LogP contribution >= 0.6 is 0 Å². The number of hydrogen-bond donors (Lipinski definition) is 1. The summed E-state index contributed by atoms with van der Waals surface area (Å²) < 4.78 is 10.2. The van der Waals surface area contributed by atoms with Gasteiger partial charge in [0.25, 0.3) is 5.09 Å². The first-order chi connectivity index (χ1) is 12.0. The summed E-state index contributed by atoms with van der Waals surface area (Å²) >= 11 is 0. The minimum atomic E-state index is -0.819. The number of benzene rings is 2. The van der Waals surface area contributed by atoms with Gasteiger partial charge in [0.2, 0.25) is 0 Å². The van der Waals surface area contributed by atoms with Crippen molar-refractivity contribution in [2.45, 2.75) is 12.8 Å². The third-order valence-corrected chi connectivity index (χ3v) is 3.36. The van der Waals surface area contributed by atoms with Gasteiger partial charge in [0.1, 0.15) is 5.75 Å². The van der Waals surface area contributed by atoms with Crippen molar-refractivity contribution in [1.29, 1.82) is 0 Å². The van der Waals surface area contributed by atoms with Gasteiger partial charge in [0.05, 0.1) is 19.3 Å². The molecular weight excluding hydrogens is 330 g/mol. The van der Waals surface area contributed by atoms with E-state index in [0.29, 0.717) is 18.6 Å². The molecule has 2 aromatic rings. The molecule has 0 fully saturated rings. The topological polar surface area (TPSA) is 108 Å². The largest absolute Gasteiger partial charge is 0.504 e. The van der Waals surface area contributed by atoms with Gasteiger partial charge < -0.3 is 19.4 Å². The maximum Gasteiger partial charge on any atom is 0.343 e. The van der Waals surface area contributed by atoms with E-state index >= 15 is 0 Å². The minimum absolute atomic E-state index is 0.0341. The molecular formula is C17H17NO7. The van der Waals surface area contributed by atoms with Crippen LogP contribution in [-0.2, 0) is 11.3 Å². The fourth-order valence-electron chi connectivity index (χ4n) is 2.11. The Morgan fingerprint density at radius 2 is 1.92 bits per heavy atom. The quantitative estimate of drug-likeness (QED) is 0.257. The van der Waals surface area contributed by atoms with Crippen LogP contribution in [0.15, 0.2) is 42.5 Å². The molecule has 8 nitrogen and oxygen atoms in total. The van der Waals surface area contributed by atoms with Crippen molar-refractivity contribution in [1.82, 2.24) is 0 Å². The Bertz CT molecular complexity index is 743. The van der Waals surface area contributed by atoms with Crippen molar-refractivity contribution in [2.24, 2.45) is 0 Å². The van der Waals surface area contributed by atoms with Crippen molar-refractivity contribution in [2.75, 3.05) is 13.7 Å². The summed E-state index contributed by atoms with van der Waals surface area (Å²) in [5.41, 5.74) is 1.19. The fraction of sp³-hybridized carbons (Fsp3) is 0.235. The van der Waals surface area contributed by atoms with Crippen molar-refractivity contribution in [3.05, 3.63) is 63.7 Å². The van der Waals surface area contributed by atoms with Crippen LogP contribution in [0.3, 0.4) is 0 Å². The Balaban J connectivity index is 1.92. The van der Waals surface area contributed by atoms with E-state index in [4.69, 9.17) is 9.47 Å². The standard InChI is InChI=1S/C17H17NO7/c1-23-16-11-13(6-9-15(16)19)17(20)25-14-7-4-12(5-8-14)3-2-10-24-18(21)22/h4-9,11,19H,2-3,10H2,1H3.